The quantitative estimate of drug-likeness (QED) is 0.338. The second-order valence-corrected chi connectivity index (χ2v) is 12.0. The number of carboxylic acid groups (broad SMARTS) is 1. The van der Waals surface area contributed by atoms with Crippen molar-refractivity contribution in [2.75, 3.05) is 5.32 Å². The minimum absolute atomic E-state index is 0.0873. The molecule has 4 rings (SSSR count). The number of aromatic nitrogens is 2. The minimum atomic E-state index is -0.945. The van der Waals surface area contributed by atoms with Crippen LogP contribution in [0.1, 0.15) is 78.8 Å². The van der Waals surface area contributed by atoms with Crippen molar-refractivity contribution in [1.82, 2.24) is 9.55 Å². The van der Waals surface area contributed by atoms with Crippen LogP contribution in [0.5, 0.6) is 5.75 Å². The summed E-state index contributed by atoms with van der Waals surface area (Å²) in [4.78, 5) is 15.8. The van der Waals surface area contributed by atoms with E-state index < -0.39 is 11.8 Å². The molecule has 0 aliphatic heterocycles. The molecule has 194 valence electrons. The van der Waals surface area contributed by atoms with E-state index in [2.05, 4.69) is 37.6 Å². The number of aryl methyl sites for hydroxylation is 1. The Hall–Kier alpha value is -3.09. The molecule has 0 amide bonds. The van der Waals surface area contributed by atoms with Gasteiger partial charge in [0.2, 0.25) is 5.95 Å². The number of benzene rings is 2. The van der Waals surface area contributed by atoms with Gasteiger partial charge in [0, 0.05) is 18.2 Å². The predicted molar refractivity (Wildman–Crippen MR) is 142 cm³/mol. The molecule has 1 aliphatic carbocycles. The Bertz CT molecular complexity index is 1230. The lowest BCUT2D eigenvalue weighted by Gasteiger charge is -2.45. The lowest BCUT2D eigenvalue weighted by Crippen LogP contribution is -2.35. The summed E-state index contributed by atoms with van der Waals surface area (Å²) in [6.45, 7) is 13.2. The fraction of sp³-hybridized carbons (Fsp3) is 0.517. The Morgan fingerprint density at radius 2 is 1.78 bits per heavy atom. The van der Waals surface area contributed by atoms with Crippen molar-refractivity contribution in [2.45, 2.75) is 85.8 Å². The highest BCUT2D eigenvalue weighted by molar-refractivity contribution is 5.82. The second kappa shape index (κ2) is 9.75. The van der Waals surface area contributed by atoms with Crippen molar-refractivity contribution < 1.29 is 19.0 Å². The summed E-state index contributed by atoms with van der Waals surface area (Å²) in [5.41, 5.74) is 2.49. The normalized spacial score (nSPS) is 17.4. The van der Waals surface area contributed by atoms with Crippen LogP contribution in [0.15, 0.2) is 36.4 Å². The fourth-order valence-electron chi connectivity index (χ4n) is 6.05. The summed E-state index contributed by atoms with van der Waals surface area (Å²) in [6, 6.07) is 11.4. The third kappa shape index (κ3) is 5.82. The molecule has 0 radical (unpaired) electrons. The number of nitrogens with zero attached hydrogens (tertiary/aromatic N) is 2. The molecule has 2 N–H and O–H groups in total. The van der Waals surface area contributed by atoms with E-state index in [-0.39, 0.29) is 41.3 Å². The van der Waals surface area contributed by atoms with Crippen LogP contribution in [0.2, 0.25) is 0 Å². The van der Waals surface area contributed by atoms with E-state index in [1.807, 2.05) is 44.2 Å². The van der Waals surface area contributed by atoms with E-state index in [0.29, 0.717) is 11.5 Å². The number of fused-ring (bicyclic) bond motifs is 1. The molecule has 1 aliphatic rings. The van der Waals surface area contributed by atoms with Gasteiger partial charge in [0.05, 0.1) is 11.6 Å². The van der Waals surface area contributed by atoms with Gasteiger partial charge in [-0.1, -0.05) is 33.8 Å². The van der Waals surface area contributed by atoms with Crippen molar-refractivity contribution >= 4 is 28.6 Å². The van der Waals surface area contributed by atoms with Crippen molar-refractivity contribution in [2.24, 2.45) is 10.8 Å². The Labute approximate surface area is 212 Å². The zero-order chi connectivity index (χ0) is 26.3. The summed E-state index contributed by atoms with van der Waals surface area (Å²) < 4.78 is 23.5. The van der Waals surface area contributed by atoms with E-state index in [4.69, 9.17) is 14.8 Å². The molecule has 0 bridgehead atoms. The first-order valence-electron chi connectivity index (χ1n) is 12.8. The first-order chi connectivity index (χ1) is 16.8. The molecule has 36 heavy (non-hydrogen) atoms. The second-order valence-electron chi connectivity index (χ2n) is 12.0. The number of nitrogens with one attached hydrogen (secondary N) is 1. The monoisotopic (exact) mass is 495 g/mol. The smallest absolute Gasteiger partial charge is 0.303 e. The molecular formula is C29H38FN3O3. The summed E-state index contributed by atoms with van der Waals surface area (Å²) >= 11 is 0. The van der Waals surface area contributed by atoms with Crippen molar-refractivity contribution in [3.05, 3.63) is 47.8 Å². The molecule has 1 heterocycles. The molecule has 0 unspecified atom stereocenters. The Kier molecular flexibility index (Phi) is 7.04. The van der Waals surface area contributed by atoms with Crippen LogP contribution < -0.4 is 10.1 Å². The molecular weight excluding hydrogens is 457 g/mol. The first-order valence-corrected chi connectivity index (χ1v) is 12.8. The average Bonchev–Trinajstić information content (AvgIpc) is 3.11. The van der Waals surface area contributed by atoms with Gasteiger partial charge in [0.25, 0.3) is 0 Å². The lowest BCUT2D eigenvalue weighted by atomic mass is 9.63. The van der Waals surface area contributed by atoms with Crippen LogP contribution in [-0.2, 0) is 11.2 Å². The number of imidazole rings is 1. The van der Waals surface area contributed by atoms with Gasteiger partial charge < -0.3 is 19.7 Å². The van der Waals surface area contributed by atoms with Crippen LogP contribution in [0, 0.1) is 16.6 Å². The maximum absolute atomic E-state index is 15.6. The number of rotatable bonds is 8. The fourth-order valence-corrected chi connectivity index (χ4v) is 6.05. The lowest BCUT2D eigenvalue weighted by molar-refractivity contribution is -0.136. The van der Waals surface area contributed by atoms with Gasteiger partial charge in [-0.15, -0.1) is 0 Å². The summed E-state index contributed by atoms with van der Waals surface area (Å²) in [7, 11) is 0. The molecule has 0 spiro atoms. The number of aliphatic carboxylic acids is 1. The van der Waals surface area contributed by atoms with Gasteiger partial charge in [0.15, 0.2) is 5.82 Å². The summed E-state index contributed by atoms with van der Waals surface area (Å²) in [5, 5.41) is 12.5. The highest BCUT2D eigenvalue weighted by Gasteiger charge is 2.40. The maximum atomic E-state index is 15.6. The summed E-state index contributed by atoms with van der Waals surface area (Å²) in [6.07, 6.45) is 3.14. The highest BCUT2D eigenvalue weighted by atomic mass is 19.1. The largest absolute Gasteiger partial charge is 0.491 e. The van der Waals surface area contributed by atoms with E-state index in [9.17, 15) is 4.79 Å². The van der Waals surface area contributed by atoms with Gasteiger partial charge >= 0.3 is 5.97 Å². The number of hydrogen-bond donors (Lipinski definition) is 2. The van der Waals surface area contributed by atoms with Crippen LogP contribution in [-0.4, -0.2) is 26.7 Å². The van der Waals surface area contributed by atoms with Gasteiger partial charge in [0.1, 0.15) is 11.3 Å². The van der Waals surface area contributed by atoms with Crippen LogP contribution in [0.4, 0.5) is 16.0 Å². The van der Waals surface area contributed by atoms with Crippen molar-refractivity contribution in [3.8, 4) is 5.75 Å². The highest BCUT2D eigenvalue weighted by Crippen LogP contribution is 2.51. The van der Waals surface area contributed by atoms with Crippen molar-refractivity contribution in [3.63, 3.8) is 0 Å². The Morgan fingerprint density at radius 3 is 2.36 bits per heavy atom. The molecule has 2 aromatic carbocycles. The van der Waals surface area contributed by atoms with Gasteiger partial charge in [-0.05, 0) is 86.3 Å². The number of hydrogen-bond acceptors (Lipinski definition) is 4. The maximum Gasteiger partial charge on any atom is 0.303 e. The van der Waals surface area contributed by atoms with Crippen LogP contribution in [0.3, 0.4) is 0 Å². The molecule has 1 saturated carbocycles. The number of carbonyl (C=O) groups is 1. The van der Waals surface area contributed by atoms with Crippen molar-refractivity contribution in [1.29, 1.82) is 0 Å². The molecule has 3 aromatic rings. The number of ether oxygens (including phenoxy) is 1. The van der Waals surface area contributed by atoms with E-state index >= 15 is 4.39 Å². The standard InChI is InChI=1S/C29H38FN3O3/c1-18(2)36-22-11-9-20(10-12-22)31-27-32-26-23(13-7-19(25(26)30)8-14-24(34)35)33(27)21-15-28(3,4)17-29(5,6)16-21/h7,9-13,18,21H,8,14-17H2,1-6H3,(H,31,32)(H,34,35). The van der Waals surface area contributed by atoms with E-state index in [1.165, 1.54) is 0 Å². The zero-order valence-electron chi connectivity index (χ0n) is 22.2. The SMILES string of the molecule is CC(C)Oc1ccc(Nc2nc3c(F)c(CCC(=O)O)ccc3n2C2CC(C)(C)CC(C)(C)C2)cc1. The molecule has 6 nitrogen and oxygen atoms in total. The molecule has 0 atom stereocenters. The average molecular weight is 496 g/mol. The molecule has 1 aromatic heterocycles. The molecule has 0 saturated heterocycles. The van der Waals surface area contributed by atoms with Crippen LogP contribution >= 0.6 is 0 Å². The summed E-state index contributed by atoms with van der Waals surface area (Å²) in [5.74, 6) is -0.00577. The Balaban J connectivity index is 1.78. The molecule has 1 fully saturated rings. The first kappa shape index (κ1) is 26.0. The van der Waals surface area contributed by atoms with Crippen LogP contribution in [0.25, 0.3) is 11.0 Å². The zero-order valence-corrected chi connectivity index (χ0v) is 22.2. The van der Waals surface area contributed by atoms with Gasteiger partial charge in [-0.25, -0.2) is 9.37 Å². The predicted octanol–water partition coefficient (Wildman–Crippen LogP) is 7.50. The van der Waals surface area contributed by atoms with E-state index in [1.54, 1.807) is 6.07 Å². The van der Waals surface area contributed by atoms with E-state index in [0.717, 1.165) is 36.2 Å². The Morgan fingerprint density at radius 1 is 1.14 bits per heavy atom. The minimum Gasteiger partial charge on any atom is -0.491 e. The third-order valence-electron chi connectivity index (χ3n) is 6.87. The van der Waals surface area contributed by atoms with Gasteiger partial charge in [-0.3, -0.25) is 4.79 Å². The van der Waals surface area contributed by atoms with Gasteiger partial charge in [-0.2, -0.15) is 0 Å². The third-order valence-corrected chi connectivity index (χ3v) is 6.87. The topological polar surface area (TPSA) is 76.4 Å². The number of anilines is 2. The number of halogens is 1. The number of carboxylic acids is 1. The molecule has 7 heteroatoms.